The molecule has 0 bridgehead atoms. The number of benzene rings is 2. The Morgan fingerprint density at radius 1 is 1.14 bits per heavy atom. The van der Waals surface area contributed by atoms with Crippen molar-refractivity contribution < 1.29 is 0 Å². The minimum absolute atomic E-state index is 0.872. The number of aromatic nitrogens is 1. The Morgan fingerprint density at radius 3 is 3.00 bits per heavy atom. The molecule has 112 valence electrons. The number of nitrogens with one attached hydrogen (secondary N) is 1. The number of hydrogen-bond donors (Lipinski definition) is 2. The standard InChI is InChI=1S/C19H21N3/c20-16-7-8-19-14(12-16)4-3-10-22(19)11-9-15-13-21-18-6-2-1-5-17(15)18/h1-2,5-8,12-13,21H,3-4,9-11,20H2. The molecule has 0 saturated carbocycles. The number of hydrogen-bond acceptors (Lipinski definition) is 2. The van der Waals surface area contributed by atoms with E-state index in [2.05, 4.69) is 52.5 Å². The lowest BCUT2D eigenvalue weighted by atomic mass is 10.0. The van der Waals surface area contributed by atoms with Crippen molar-refractivity contribution in [1.82, 2.24) is 4.98 Å². The average molecular weight is 291 g/mol. The lowest BCUT2D eigenvalue weighted by Gasteiger charge is -2.31. The summed E-state index contributed by atoms with van der Waals surface area (Å²) in [6.07, 6.45) is 5.57. The molecule has 22 heavy (non-hydrogen) atoms. The fourth-order valence-corrected chi connectivity index (χ4v) is 3.52. The van der Waals surface area contributed by atoms with Crippen LogP contribution < -0.4 is 10.6 Å². The third-order valence-electron chi connectivity index (χ3n) is 4.64. The van der Waals surface area contributed by atoms with Gasteiger partial charge in [-0.2, -0.15) is 0 Å². The summed E-state index contributed by atoms with van der Waals surface area (Å²) in [5, 5.41) is 1.34. The predicted molar refractivity (Wildman–Crippen MR) is 93.4 cm³/mol. The quantitative estimate of drug-likeness (QED) is 0.722. The van der Waals surface area contributed by atoms with Crippen molar-refractivity contribution in [2.24, 2.45) is 0 Å². The van der Waals surface area contributed by atoms with Gasteiger partial charge in [0.15, 0.2) is 0 Å². The van der Waals surface area contributed by atoms with E-state index < -0.39 is 0 Å². The number of aryl methyl sites for hydroxylation is 1. The van der Waals surface area contributed by atoms with Crippen LogP contribution in [0.3, 0.4) is 0 Å². The van der Waals surface area contributed by atoms with Crippen LogP contribution in [0.15, 0.2) is 48.7 Å². The van der Waals surface area contributed by atoms with E-state index in [1.165, 1.54) is 34.1 Å². The van der Waals surface area contributed by atoms with Crippen LogP contribution >= 0.6 is 0 Å². The molecule has 0 saturated heterocycles. The molecular weight excluding hydrogens is 270 g/mol. The van der Waals surface area contributed by atoms with Gasteiger partial charge in [0.1, 0.15) is 0 Å². The molecule has 1 aromatic heterocycles. The number of nitrogens with two attached hydrogens (primary N) is 1. The second-order valence-corrected chi connectivity index (χ2v) is 6.09. The number of aromatic amines is 1. The van der Waals surface area contributed by atoms with Crippen molar-refractivity contribution in [3.05, 3.63) is 59.8 Å². The summed E-state index contributed by atoms with van der Waals surface area (Å²) >= 11 is 0. The predicted octanol–water partition coefficient (Wildman–Crippen LogP) is 3.75. The third kappa shape index (κ3) is 2.33. The second-order valence-electron chi connectivity index (χ2n) is 6.09. The van der Waals surface area contributed by atoms with Gasteiger partial charge in [0.25, 0.3) is 0 Å². The van der Waals surface area contributed by atoms with Gasteiger partial charge < -0.3 is 15.6 Å². The number of nitrogen functional groups attached to an aromatic ring is 1. The molecule has 0 radical (unpaired) electrons. The lowest BCUT2D eigenvalue weighted by Crippen LogP contribution is -2.31. The Balaban J connectivity index is 1.55. The highest BCUT2D eigenvalue weighted by Crippen LogP contribution is 2.29. The van der Waals surface area contributed by atoms with E-state index in [1.807, 2.05) is 6.07 Å². The van der Waals surface area contributed by atoms with Crippen molar-refractivity contribution in [2.45, 2.75) is 19.3 Å². The van der Waals surface area contributed by atoms with Gasteiger partial charge in [-0.05, 0) is 54.7 Å². The first kappa shape index (κ1) is 13.3. The van der Waals surface area contributed by atoms with Gasteiger partial charge in [-0.1, -0.05) is 18.2 Å². The van der Waals surface area contributed by atoms with Crippen LogP contribution in [0.2, 0.25) is 0 Å². The van der Waals surface area contributed by atoms with Gasteiger partial charge in [0.2, 0.25) is 0 Å². The fourth-order valence-electron chi connectivity index (χ4n) is 3.52. The Morgan fingerprint density at radius 2 is 2.05 bits per heavy atom. The maximum Gasteiger partial charge on any atom is 0.0456 e. The van der Waals surface area contributed by atoms with Gasteiger partial charge in [-0.15, -0.1) is 0 Å². The molecular formula is C19H21N3. The molecule has 0 fully saturated rings. The molecule has 0 unspecified atom stereocenters. The van der Waals surface area contributed by atoms with Crippen LogP contribution in [0.25, 0.3) is 10.9 Å². The molecule has 2 aromatic carbocycles. The molecule has 0 atom stereocenters. The molecule has 3 aromatic rings. The highest BCUT2D eigenvalue weighted by atomic mass is 15.1. The normalized spacial score (nSPS) is 14.3. The van der Waals surface area contributed by atoms with Crippen LogP contribution in [0.1, 0.15) is 17.5 Å². The number of fused-ring (bicyclic) bond motifs is 2. The van der Waals surface area contributed by atoms with Crippen LogP contribution in [-0.4, -0.2) is 18.1 Å². The van der Waals surface area contributed by atoms with E-state index in [9.17, 15) is 0 Å². The molecule has 1 aliphatic heterocycles. The summed E-state index contributed by atoms with van der Waals surface area (Å²) < 4.78 is 0. The van der Waals surface area contributed by atoms with E-state index in [-0.39, 0.29) is 0 Å². The molecule has 0 spiro atoms. The zero-order valence-corrected chi connectivity index (χ0v) is 12.7. The van der Waals surface area contributed by atoms with E-state index in [4.69, 9.17) is 5.73 Å². The summed E-state index contributed by atoms with van der Waals surface area (Å²) in [4.78, 5) is 5.87. The van der Waals surface area contributed by atoms with Crippen molar-refractivity contribution in [3.63, 3.8) is 0 Å². The Labute approximate surface area is 130 Å². The van der Waals surface area contributed by atoms with Crippen molar-refractivity contribution in [3.8, 4) is 0 Å². The zero-order chi connectivity index (χ0) is 14.9. The van der Waals surface area contributed by atoms with Crippen molar-refractivity contribution in [1.29, 1.82) is 0 Å². The first-order valence-corrected chi connectivity index (χ1v) is 7.99. The molecule has 0 aliphatic carbocycles. The minimum atomic E-state index is 0.872. The molecule has 3 heteroatoms. The first-order valence-electron chi connectivity index (χ1n) is 7.99. The van der Waals surface area contributed by atoms with E-state index in [0.717, 1.165) is 31.6 Å². The maximum atomic E-state index is 5.92. The second kappa shape index (κ2) is 5.41. The fraction of sp³-hybridized carbons (Fsp3) is 0.263. The molecule has 3 nitrogen and oxygen atoms in total. The third-order valence-corrected chi connectivity index (χ3v) is 4.64. The van der Waals surface area contributed by atoms with Crippen molar-refractivity contribution >= 4 is 22.3 Å². The van der Waals surface area contributed by atoms with Crippen LogP contribution in [0, 0.1) is 0 Å². The van der Waals surface area contributed by atoms with Crippen LogP contribution in [-0.2, 0) is 12.8 Å². The van der Waals surface area contributed by atoms with Gasteiger partial charge in [-0.3, -0.25) is 0 Å². The molecule has 2 heterocycles. The van der Waals surface area contributed by atoms with Gasteiger partial charge in [0, 0.05) is 41.6 Å². The summed E-state index contributed by atoms with van der Waals surface area (Å²) in [6, 6.07) is 14.9. The number of H-pyrrole nitrogens is 1. The molecule has 4 rings (SSSR count). The number of para-hydroxylation sites is 1. The topological polar surface area (TPSA) is 45.0 Å². The highest BCUT2D eigenvalue weighted by molar-refractivity contribution is 5.83. The lowest BCUT2D eigenvalue weighted by molar-refractivity contribution is 0.689. The zero-order valence-electron chi connectivity index (χ0n) is 12.7. The van der Waals surface area contributed by atoms with Crippen LogP contribution in [0.5, 0.6) is 0 Å². The highest BCUT2D eigenvalue weighted by Gasteiger charge is 2.17. The Hall–Kier alpha value is -2.42. The summed E-state index contributed by atoms with van der Waals surface area (Å²) in [7, 11) is 0. The van der Waals surface area contributed by atoms with Gasteiger partial charge >= 0.3 is 0 Å². The van der Waals surface area contributed by atoms with Crippen LogP contribution in [0.4, 0.5) is 11.4 Å². The molecule has 0 amide bonds. The van der Waals surface area contributed by atoms with E-state index in [0.29, 0.717) is 0 Å². The molecule has 3 N–H and O–H groups in total. The van der Waals surface area contributed by atoms with Crippen molar-refractivity contribution in [2.75, 3.05) is 23.7 Å². The monoisotopic (exact) mass is 291 g/mol. The maximum absolute atomic E-state index is 5.92. The number of nitrogens with zero attached hydrogens (tertiary/aromatic N) is 1. The van der Waals surface area contributed by atoms with E-state index >= 15 is 0 Å². The summed E-state index contributed by atoms with van der Waals surface area (Å²) in [5.74, 6) is 0. The number of rotatable bonds is 3. The SMILES string of the molecule is Nc1ccc2c(c1)CCCN2CCc1c[nH]c2ccccc12. The summed E-state index contributed by atoms with van der Waals surface area (Å²) in [5.41, 5.74) is 12.2. The van der Waals surface area contributed by atoms with E-state index in [1.54, 1.807) is 0 Å². The smallest absolute Gasteiger partial charge is 0.0456 e. The van der Waals surface area contributed by atoms with Gasteiger partial charge in [-0.25, -0.2) is 0 Å². The number of anilines is 2. The average Bonchev–Trinajstić information content (AvgIpc) is 2.96. The Bertz CT molecular complexity index is 803. The Kier molecular flexibility index (Phi) is 3.26. The largest absolute Gasteiger partial charge is 0.399 e. The first-order chi connectivity index (χ1) is 10.8. The minimum Gasteiger partial charge on any atom is -0.399 e. The van der Waals surface area contributed by atoms with Gasteiger partial charge in [0.05, 0.1) is 0 Å². The summed E-state index contributed by atoms with van der Waals surface area (Å²) in [6.45, 7) is 2.19. The molecule has 1 aliphatic rings.